The highest BCUT2D eigenvalue weighted by molar-refractivity contribution is 5.06. The first kappa shape index (κ1) is 6.58. The molecule has 2 fully saturated rings. The molecule has 1 heterocycles. The van der Waals surface area contributed by atoms with Crippen molar-refractivity contribution in [2.75, 3.05) is 26.8 Å². The molecule has 1 aliphatic heterocycles. The lowest BCUT2D eigenvalue weighted by Crippen LogP contribution is -2.33. The Labute approximate surface area is 61.1 Å². The number of fused-ring (bicyclic) bond motifs is 1. The molecule has 10 heavy (non-hydrogen) atoms. The monoisotopic (exact) mass is 142 g/mol. The molecule has 0 spiro atoms. The zero-order chi connectivity index (χ0) is 7.19. The van der Waals surface area contributed by atoms with Crippen LogP contribution in [0.3, 0.4) is 0 Å². The molecular weight excluding hydrogens is 128 g/mol. The second kappa shape index (κ2) is 1.94. The predicted octanol–water partition coefficient (Wildman–Crippen LogP) is -0.172. The van der Waals surface area contributed by atoms with Gasteiger partial charge in [0.1, 0.15) is 0 Å². The SMILES string of the molecule is CN(N)CC12COCC1C2. The van der Waals surface area contributed by atoms with Crippen molar-refractivity contribution in [2.45, 2.75) is 6.42 Å². The topological polar surface area (TPSA) is 38.5 Å². The molecule has 2 rings (SSSR count). The van der Waals surface area contributed by atoms with Crippen LogP contribution in [0.2, 0.25) is 0 Å². The van der Waals surface area contributed by atoms with E-state index in [1.54, 1.807) is 5.01 Å². The van der Waals surface area contributed by atoms with E-state index in [4.69, 9.17) is 10.6 Å². The zero-order valence-corrected chi connectivity index (χ0v) is 6.34. The van der Waals surface area contributed by atoms with Gasteiger partial charge in [-0.05, 0) is 12.3 Å². The van der Waals surface area contributed by atoms with Crippen LogP contribution in [0.15, 0.2) is 0 Å². The van der Waals surface area contributed by atoms with Gasteiger partial charge >= 0.3 is 0 Å². The molecule has 1 aliphatic carbocycles. The molecule has 3 heteroatoms. The predicted molar refractivity (Wildman–Crippen MR) is 38.2 cm³/mol. The van der Waals surface area contributed by atoms with Gasteiger partial charge in [0.25, 0.3) is 0 Å². The number of rotatable bonds is 2. The summed E-state index contributed by atoms with van der Waals surface area (Å²) < 4.78 is 5.33. The molecule has 58 valence electrons. The Morgan fingerprint density at radius 1 is 1.80 bits per heavy atom. The Morgan fingerprint density at radius 3 is 3.00 bits per heavy atom. The summed E-state index contributed by atoms with van der Waals surface area (Å²) in [4.78, 5) is 0. The van der Waals surface area contributed by atoms with Gasteiger partial charge in [-0.2, -0.15) is 0 Å². The number of nitrogens with two attached hydrogens (primary N) is 1. The number of ether oxygens (including phenoxy) is 1. The van der Waals surface area contributed by atoms with Crippen molar-refractivity contribution in [3.8, 4) is 0 Å². The van der Waals surface area contributed by atoms with Crippen LogP contribution in [-0.4, -0.2) is 31.8 Å². The molecule has 2 unspecified atom stereocenters. The van der Waals surface area contributed by atoms with E-state index >= 15 is 0 Å². The molecule has 0 amide bonds. The first-order chi connectivity index (χ1) is 4.73. The maximum atomic E-state index is 5.56. The minimum Gasteiger partial charge on any atom is -0.380 e. The molecule has 2 N–H and O–H groups in total. The van der Waals surface area contributed by atoms with Crippen molar-refractivity contribution in [3.05, 3.63) is 0 Å². The van der Waals surface area contributed by atoms with E-state index in [0.717, 1.165) is 25.7 Å². The van der Waals surface area contributed by atoms with Crippen LogP contribution >= 0.6 is 0 Å². The maximum Gasteiger partial charge on any atom is 0.0539 e. The van der Waals surface area contributed by atoms with Crippen LogP contribution in [0, 0.1) is 11.3 Å². The third-order valence-corrected chi connectivity index (χ3v) is 2.63. The van der Waals surface area contributed by atoms with Crippen LogP contribution < -0.4 is 5.84 Å². The largest absolute Gasteiger partial charge is 0.380 e. The summed E-state index contributed by atoms with van der Waals surface area (Å²) in [5, 5.41) is 1.77. The summed E-state index contributed by atoms with van der Waals surface area (Å²) in [6.45, 7) is 2.89. The quantitative estimate of drug-likeness (QED) is 0.429. The molecule has 1 saturated heterocycles. The molecule has 1 saturated carbocycles. The minimum absolute atomic E-state index is 0.462. The molecule has 2 atom stereocenters. The smallest absolute Gasteiger partial charge is 0.0539 e. The fourth-order valence-electron chi connectivity index (χ4n) is 1.98. The van der Waals surface area contributed by atoms with Gasteiger partial charge in [-0.25, -0.2) is 5.01 Å². The van der Waals surface area contributed by atoms with Gasteiger partial charge in [0.15, 0.2) is 0 Å². The van der Waals surface area contributed by atoms with Gasteiger partial charge in [0, 0.05) is 19.0 Å². The second-order valence-electron chi connectivity index (χ2n) is 3.69. The number of hydrogen-bond acceptors (Lipinski definition) is 3. The van der Waals surface area contributed by atoms with E-state index in [-0.39, 0.29) is 0 Å². The van der Waals surface area contributed by atoms with Gasteiger partial charge < -0.3 is 4.74 Å². The van der Waals surface area contributed by atoms with Crippen LogP contribution in [-0.2, 0) is 4.74 Å². The van der Waals surface area contributed by atoms with Crippen molar-refractivity contribution in [2.24, 2.45) is 17.2 Å². The van der Waals surface area contributed by atoms with Crippen LogP contribution in [0.25, 0.3) is 0 Å². The van der Waals surface area contributed by atoms with Crippen LogP contribution in [0.5, 0.6) is 0 Å². The van der Waals surface area contributed by atoms with Crippen molar-refractivity contribution in [3.63, 3.8) is 0 Å². The van der Waals surface area contributed by atoms with Gasteiger partial charge in [0.05, 0.1) is 13.2 Å². The van der Waals surface area contributed by atoms with Gasteiger partial charge in [-0.15, -0.1) is 0 Å². The average Bonchev–Trinajstić information content (AvgIpc) is 2.33. The lowest BCUT2D eigenvalue weighted by atomic mass is 10.1. The van der Waals surface area contributed by atoms with E-state index in [9.17, 15) is 0 Å². The van der Waals surface area contributed by atoms with Gasteiger partial charge in [-0.3, -0.25) is 5.84 Å². The van der Waals surface area contributed by atoms with Crippen molar-refractivity contribution in [1.29, 1.82) is 0 Å². The van der Waals surface area contributed by atoms with E-state index in [1.807, 2.05) is 7.05 Å². The molecular formula is C7H14N2O. The molecule has 0 aromatic rings. The summed E-state index contributed by atoms with van der Waals surface area (Å²) in [7, 11) is 1.92. The molecule has 0 aromatic heterocycles. The summed E-state index contributed by atoms with van der Waals surface area (Å²) >= 11 is 0. The Kier molecular flexibility index (Phi) is 1.27. The van der Waals surface area contributed by atoms with Crippen molar-refractivity contribution in [1.82, 2.24) is 5.01 Å². The zero-order valence-electron chi connectivity index (χ0n) is 6.34. The van der Waals surface area contributed by atoms with Crippen molar-refractivity contribution < 1.29 is 4.74 Å². The first-order valence-electron chi connectivity index (χ1n) is 3.76. The van der Waals surface area contributed by atoms with E-state index < -0.39 is 0 Å². The highest BCUT2D eigenvalue weighted by Gasteiger charge is 2.58. The van der Waals surface area contributed by atoms with Crippen LogP contribution in [0.4, 0.5) is 0 Å². The number of hydrogen-bond donors (Lipinski definition) is 1. The molecule has 0 aromatic carbocycles. The Bertz CT molecular complexity index is 149. The Hall–Kier alpha value is -0.120. The maximum absolute atomic E-state index is 5.56. The normalized spacial score (nSPS) is 44.1. The van der Waals surface area contributed by atoms with Gasteiger partial charge in [0.2, 0.25) is 0 Å². The van der Waals surface area contributed by atoms with E-state index in [2.05, 4.69) is 0 Å². The van der Waals surface area contributed by atoms with Gasteiger partial charge in [-0.1, -0.05) is 0 Å². The fraction of sp³-hybridized carbons (Fsp3) is 1.00. The summed E-state index contributed by atoms with van der Waals surface area (Å²) in [6, 6.07) is 0. The highest BCUT2D eigenvalue weighted by Crippen LogP contribution is 2.56. The summed E-state index contributed by atoms with van der Waals surface area (Å²) in [5.74, 6) is 6.38. The minimum atomic E-state index is 0.462. The third kappa shape index (κ3) is 0.856. The second-order valence-corrected chi connectivity index (χ2v) is 3.69. The number of nitrogens with zero attached hydrogens (tertiary/aromatic N) is 1. The lowest BCUT2D eigenvalue weighted by Gasteiger charge is -2.16. The molecule has 2 aliphatic rings. The van der Waals surface area contributed by atoms with Crippen LogP contribution in [0.1, 0.15) is 6.42 Å². The average molecular weight is 142 g/mol. The summed E-state index contributed by atoms with van der Waals surface area (Å²) in [6.07, 6.45) is 1.33. The third-order valence-electron chi connectivity index (χ3n) is 2.63. The van der Waals surface area contributed by atoms with Crippen molar-refractivity contribution >= 4 is 0 Å². The van der Waals surface area contributed by atoms with E-state index in [0.29, 0.717) is 5.41 Å². The highest BCUT2D eigenvalue weighted by atomic mass is 16.5. The lowest BCUT2D eigenvalue weighted by molar-refractivity contribution is 0.132. The molecule has 0 bridgehead atoms. The molecule has 3 nitrogen and oxygen atoms in total. The first-order valence-corrected chi connectivity index (χ1v) is 3.76. The Morgan fingerprint density at radius 2 is 2.60 bits per heavy atom. The van der Waals surface area contributed by atoms with E-state index in [1.165, 1.54) is 6.42 Å². The fourth-order valence-corrected chi connectivity index (χ4v) is 1.98. The molecule has 0 radical (unpaired) electrons. The summed E-state index contributed by atoms with van der Waals surface area (Å²) in [5.41, 5.74) is 0.462. The standard InChI is InChI=1S/C7H14N2O/c1-9(8)4-7-2-6(7)3-10-5-7/h6H,2-5,8H2,1H3. The Balaban J connectivity index is 1.93. The number of hydrazine groups is 1.